The summed E-state index contributed by atoms with van der Waals surface area (Å²) >= 11 is 0. The predicted octanol–water partition coefficient (Wildman–Crippen LogP) is 3.54. The van der Waals surface area contributed by atoms with Crippen LogP contribution >= 0.6 is 0 Å². The zero-order chi connectivity index (χ0) is 19.5. The number of piperidine rings is 1. The van der Waals surface area contributed by atoms with Gasteiger partial charge in [-0.3, -0.25) is 9.59 Å². The minimum atomic E-state index is 0.235. The number of rotatable bonds is 5. The van der Waals surface area contributed by atoms with Gasteiger partial charge in [-0.15, -0.1) is 0 Å². The Labute approximate surface area is 168 Å². The van der Waals surface area contributed by atoms with Crippen LogP contribution < -0.4 is 4.74 Å². The Morgan fingerprint density at radius 1 is 1.14 bits per heavy atom. The van der Waals surface area contributed by atoms with Crippen molar-refractivity contribution in [3.05, 3.63) is 29.3 Å². The average molecular weight is 385 g/mol. The summed E-state index contributed by atoms with van der Waals surface area (Å²) in [6.45, 7) is 4.92. The molecule has 5 nitrogen and oxygen atoms in total. The van der Waals surface area contributed by atoms with Crippen LogP contribution in [0.25, 0.3) is 0 Å². The standard InChI is InChI=1S/C23H32N2O3/c1-2-20-5-3-4-12-25(20)22(26)11-7-17-6-10-21-19(15-17)16-24(13-14-28-21)23(27)18-8-9-18/h6,10,15,18,20H,2-5,7-9,11-14,16H2,1H3. The summed E-state index contributed by atoms with van der Waals surface area (Å²) in [6, 6.07) is 6.63. The molecule has 1 aliphatic carbocycles. The summed E-state index contributed by atoms with van der Waals surface area (Å²) < 4.78 is 5.86. The average Bonchev–Trinajstić information content (AvgIpc) is 3.57. The first-order chi connectivity index (χ1) is 13.7. The highest BCUT2D eigenvalue weighted by atomic mass is 16.5. The van der Waals surface area contributed by atoms with Crippen LogP contribution in [-0.4, -0.2) is 47.4 Å². The van der Waals surface area contributed by atoms with E-state index in [4.69, 9.17) is 4.74 Å². The van der Waals surface area contributed by atoms with Crippen LogP contribution in [-0.2, 0) is 22.6 Å². The zero-order valence-electron chi connectivity index (χ0n) is 17.0. The molecule has 28 heavy (non-hydrogen) atoms. The normalized spacial score (nSPS) is 22.2. The lowest BCUT2D eigenvalue weighted by atomic mass is 9.98. The van der Waals surface area contributed by atoms with E-state index in [-0.39, 0.29) is 17.7 Å². The maximum Gasteiger partial charge on any atom is 0.226 e. The fraction of sp³-hybridized carbons (Fsp3) is 0.652. The van der Waals surface area contributed by atoms with Crippen molar-refractivity contribution in [1.29, 1.82) is 0 Å². The predicted molar refractivity (Wildman–Crippen MR) is 108 cm³/mol. The maximum atomic E-state index is 12.8. The number of carbonyl (C=O) groups excluding carboxylic acids is 2. The summed E-state index contributed by atoms with van der Waals surface area (Å²) in [7, 11) is 0. The summed E-state index contributed by atoms with van der Waals surface area (Å²) in [5.41, 5.74) is 2.22. The lowest BCUT2D eigenvalue weighted by molar-refractivity contribution is -0.135. The molecule has 2 heterocycles. The Morgan fingerprint density at radius 3 is 2.79 bits per heavy atom. The summed E-state index contributed by atoms with van der Waals surface area (Å²) in [6.07, 6.45) is 7.92. The van der Waals surface area contributed by atoms with Gasteiger partial charge in [-0.05, 0) is 56.6 Å². The van der Waals surface area contributed by atoms with E-state index in [1.165, 1.54) is 6.42 Å². The summed E-state index contributed by atoms with van der Waals surface area (Å²) in [4.78, 5) is 29.3. The number of nitrogens with zero attached hydrogens (tertiary/aromatic N) is 2. The third-order valence-corrected chi connectivity index (χ3v) is 6.39. The van der Waals surface area contributed by atoms with Gasteiger partial charge in [0.15, 0.2) is 0 Å². The van der Waals surface area contributed by atoms with Crippen LogP contribution in [0.2, 0.25) is 0 Å². The van der Waals surface area contributed by atoms with Gasteiger partial charge in [-0.25, -0.2) is 0 Å². The van der Waals surface area contributed by atoms with Gasteiger partial charge in [0.1, 0.15) is 12.4 Å². The van der Waals surface area contributed by atoms with Crippen molar-refractivity contribution >= 4 is 11.8 Å². The molecule has 4 rings (SSSR count). The van der Waals surface area contributed by atoms with Crippen molar-refractivity contribution in [2.24, 2.45) is 5.92 Å². The highest BCUT2D eigenvalue weighted by Gasteiger charge is 2.34. The van der Waals surface area contributed by atoms with Crippen LogP contribution in [0.1, 0.15) is 63.0 Å². The van der Waals surface area contributed by atoms with E-state index in [2.05, 4.69) is 24.0 Å². The number of amides is 2. The smallest absolute Gasteiger partial charge is 0.226 e. The van der Waals surface area contributed by atoms with Crippen LogP contribution in [0.4, 0.5) is 0 Å². The van der Waals surface area contributed by atoms with E-state index in [0.29, 0.717) is 32.2 Å². The van der Waals surface area contributed by atoms with Crippen LogP contribution in [0.5, 0.6) is 5.75 Å². The Morgan fingerprint density at radius 2 is 2.00 bits per heavy atom. The topological polar surface area (TPSA) is 49.9 Å². The van der Waals surface area contributed by atoms with Gasteiger partial charge in [-0.1, -0.05) is 19.1 Å². The van der Waals surface area contributed by atoms with Crippen molar-refractivity contribution in [3.8, 4) is 5.75 Å². The number of fused-ring (bicyclic) bond motifs is 1. The monoisotopic (exact) mass is 384 g/mol. The molecule has 0 radical (unpaired) electrons. The van der Waals surface area contributed by atoms with E-state index in [1.807, 2.05) is 11.0 Å². The van der Waals surface area contributed by atoms with Gasteiger partial charge < -0.3 is 14.5 Å². The second-order valence-corrected chi connectivity index (χ2v) is 8.47. The van der Waals surface area contributed by atoms with Crippen molar-refractivity contribution in [3.63, 3.8) is 0 Å². The number of carbonyl (C=O) groups is 2. The first kappa shape index (κ1) is 19.3. The summed E-state index contributed by atoms with van der Waals surface area (Å²) in [5, 5.41) is 0. The fourth-order valence-electron chi connectivity index (χ4n) is 4.53. The Balaban J connectivity index is 1.39. The van der Waals surface area contributed by atoms with Gasteiger partial charge in [0, 0.05) is 37.0 Å². The second-order valence-electron chi connectivity index (χ2n) is 8.47. The number of aryl methyl sites for hydroxylation is 1. The van der Waals surface area contributed by atoms with Crippen molar-refractivity contribution in [2.45, 2.75) is 70.9 Å². The third kappa shape index (κ3) is 4.34. The molecule has 0 aromatic heterocycles. The molecule has 0 bridgehead atoms. The van der Waals surface area contributed by atoms with Crippen molar-refractivity contribution < 1.29 is 14.3 Å². The van der Waals surface area contributed by atoms with Gasteiger partial charge in [0.2, 0.25) is 11.8 Å². The first-order valence-corrected chi connectivity index (χ1v) is 11.0. The van der Waals surface area contributed by atoms with E-state index in [9.17, 15) is 9.59 Å². The molecule has 2 amide bonds. The molecule has 1 atom stereocenters. The summed E-state index contributed by atoms with van der Waals surface area (Å²) in [5.74, 6) is 1.66. The Bertz CT molecular complexity index is 729. The molecular weight excluding hydrogens is 352 g/mol. The minimum absolute atomic E-state index is 0.235. The van der Waals surface area contributed by atoms with Crippen LogP contribution in [0, 0.1) is 5.92 Å². The number of ether oxygens (including phenoxy) is 1. The molecule has 3 aliphatic rings. The van der Waals surface area contributed by atoms with Gasteiger partial charge in [-0.2, -0.15) is 0 Å². The quantitative estimate of drug-likeness (QED) is 0.780. The molecule has 1 saturated heterocycles. The molecule has 5 heteroatoms. The highest BCUT2D eigenvalue weighted by molar-refractivity contribution is 5.81. The van der Waals surface area contributed by atoms with Crippen LogP contribution in [0.3, 0.4) is 0 Å². The lowest BCUT2D eigenvalue weighted by Gasteiger charge is -2.35. The Hall–Kier alpha value is -2.04. The molecular formula is C23H32N2O3. The molecule has 0 N–H and O–H groups in total. The van der Waals surface area contributed by atoms with Crippen LogP contribution in [0.15, 0.2) is 18.2 Å². The second kappa shape index (κ2) is 8.54. The van der Waals surface area contributed by atoms with Crippen molar-refractivity contribution in [1.82, 2.24) is 9.80 Å². The highest BCUT2D eigenvalue weighted by Crippen LogP contribution is 2.33. The van der Waals surface area contributed by atoms with Crippen molar-refractivity contribution in [2.75, 3.05) is 19.7 Å². The third-order valence-electron chi connectivity index (χ3n) is 6.39. The number of benzene rings is 1. The number of likely N-dealkylation sites (tertiary alicyclic amines) is 1. The maximum absolute atomic E-state index is 12.8. The lowest BCUT2D eigenvalue weighted by Crippen LogP contribution is -2.43. The van der Waals surface area contributed by atoms with Gasteiger partial charge in [0.05, 0.1) is 6.54 Å². The van der Waals surface area contributed by atoms with Gasteiger partial charge >= 0.3 is 0 Å². The van der Waals surface area contributed by atoms with E-state index in [1.54, 1.807) is 0 Å². The zero-order valence-corrected chi connectivity index (χ0v) is 17.0. The van der Waals surface area contributed by atoms with E-state index >= 15 is 0 Å². The first-order valence-electron chi connectivity index (χ1n) is 11.0. The molecule has 0 spiro atoms. The largest absolute Gasteiger partial charge is 0.491 e. The van der Waals surface area contributed by atoms with E-state index < -0.39 is 0 Å². The molecule has 2 fully saturated rings. The SMILES string of the molecule is CCC1CCCCN1C(=O)CCc1ccc2c(c1)CN(C(=O)C1CC1)CCO2. The van der Waals surface area contributed by atoms with E-state index in [0.717, 1.165) is 61.9 Å². The fourth-order valence-corrected chi connectivity index (χ4v) is 4.53. The van der Waals surface area contributed by atoms with Gasteiger partial charge in [0.25, 0.3) is 0 Å². The molecule has 1 aromatic carbocycles. The molecule has 2 aliphatic heterocycles. The number of hydrogen-bond acceptors (Lipinski definition) is 3. The number of hydrogen-bond donors (Lipinski definition) is 0. The molecule has 1 aromatic rings. The Kier molecular flexibility index (Phi) is 5.88. The molecule has 152 valence electrons. The molecule has 1 saturated carbocycles. The molecule has 1 unspecified atom stereocenters. The minimum Gasteiger partial charge on any atom is -0.491 e.